The quantitative estimate of drug-likeness (QED) is 0.428. The van der Waals surface area contributed by atoms with Crippen molar-refractivity contribution in [3.63, 3.8) is 0 Å². The topological polar surface area (TPSA) is 118 Å². The molecule has 2 atom stereocenters. The molecule has 220 valence electrons. The van der Waals surface area contributed by atoms with Crippen LogP contribution >= 0.6 is 0 Å². The molecule has 1 N–H and O–H groups in total. The van der Waals surface area contributed by atoms with Gasteiger partial charge in [-0.05, 0) is 63.9 Å². The highest BCUT2D eigenvalue weighted by molar-refractivity contribution is 5.93. The Morgan fingerprint density at radius 1 is 1.19 bits per heavy atom. The van der Waals surface area contributed by atoms with Gasteiger partial charge in [0.1, 0.15) is 12.4 Å². The molecule has 0 spiro atoms. The molecule has 6 rings (SSSR count). The van der Waals surface area contributed by atoms with Crippen LogP contribution in [0.4, 0.5) is 11.5 Å². The number of H-pyrrole nitrogens is 1. The van der Waals surface area contributed by atoms with Crippen LogP contribution in [0.1, 0.15) is 42.5 Å². The number of piperazine rings is 1. The lowest BCUT2D eigenvalue weighted by Crippen LogP contribution is -2.55. The number of benzene rings is 1. The Morgan fingerprint density at radius 2 is 2.07 bits per heavy atom. The van der Waals surface area contributed by atoms with E-state index in [1.807, 2.05) is 6.20 Å². The minimum atomic E-state index is -0.236. The summed E-state index contributed by atoms with van der Waals surface area (Å²) in [7, 11) is 2.14. The van der Waals surface area contributed by atoms with Gasteiger partial charge < -0.3 is 24.3 Å². The molecule has 2 aromatic heterocycles. The summed E-state index contributed by atoms with van der Waals surface area (Å²) in [5.41, 5.74) is 5.48. The number of likely N-dealkylation sites (N-methyl/N-ethyl adjacent to an activating group) is 1. The number of carbonyl (C=O) groups excluding carboxylic acids is 1. The number of fused-ring (bicyclic) bond motifs is 2. The number of amides is 1. The van der Waals surface area contributed by atoms with E-state index in [1.54, 1.807) is 4.90 Å². The lowest BCUT2D eigenvalue weighted by atomic mass is 10.1. The monoisotopic (exact) mass is 569 g/mol. The van der Waals surface area contributed by atoms with Gasteiger partial charge in [-0.1, -0.05) is 12.6 Å². The predicted molar refractivity (Wildman–Crippen MR) is 162 cm³/mol. The molecular weight excluding hydrogens is 530 g/mol. The molecule has 3 aliphatic heterocycles. The first-order valence-corrected chi connectivity index (χ1v) is 14.9. The van der Waals surface area contributed by atoms with Crippen molar-refractivity contribution in [3.8, 4) is 12.1 Å². The second kappa shape index (κ2) is 12.0. The Hall–Kier alpha value is -4.17. The summed E-state index contributed by atoms with van der Waals surface area (Å²) < 4.78 is 6.32. The van der Waals surface area contributed by atoms with Gasteiger partial charge in [0.25, 0.3) is 0 Å². The van der Waals surface area contributed by atoms with E-state index >= 15 is 0 Å². The van der Waals surface area contributed by atoms with Gasteiger partial charge in [0, 0.05) is 43.2 Å². The highest BCUT2D eigenvalue weighted by Crippen LogP contribution is 2.35. The number of hydrogen-bond donors (Lipinski definition) is 1. The maximum absolute atomic E-state index is 12.6. The van der Waals surface area contributed by atoms with Crippen molar-refractivity contribution in [2.24, 2.45) is 0 Å². The van der Waals surface area contributed by atoms with Crippen molar-refractivity contribution in [2.45, 2.75) is 57.7 Å². The molecule has 3 aliphatic rings. The largest absolute Gasteiger partial charge is 0.462 e. The van der Waals surface area contributed by atoms with Crippen LogP contribution in [0.3, 0.4) is 0 Å². The van der Waals surface area contributed by atoms with E-state index in [0.29, 0.717) is 44.8 Å². The van der Waals surface area contributed by atoms with Gasteiger partial charge in [0.2, 0.25) is 5.91 Å². The number of anilines is 2. The van der Waals surface area contributed by atoms with Crippen molar-refractivity contribution in [3.05, 3.63) is 47.8 Å². The average molecular weight is 570 g/mol. The summed E-state index contributed by atoms with van der Waals surface area (Å²) in [5, 5.41) is 18.1. The van der Waals surface area contributed by atoms with Crippen LogP contribution in [-0.4, -0.2) is 94.3 Å². The smallest absolute Gasteiger partial charge is 0.318 e. The molecular formula is C31H39N9O2. The number of carbonyl (C=O) groups is 1. The van der Waals surface area contributed by atoms with Gasteiger partial charge in [-0.3, -0.25) is 9.89 Å². The third kappa shape index (κ3) is 5.39. The highest BCUT2D eigenvalue weighted by Gasteiger charge is 2.33. The zero-order chi connectivity index (χ0) is 29.2. The molecule has 0 aliphatic carbocycles. The highest BCUT2D eigenvalue weighted by atomic mass is 16.5. The number of nitrogens with zero attached hydrogens (tertiary/aromatic N) is 8. The molecule has 42 heavy (non-hydrogen) atoms. The molecule has 2 saturated heterocycles. The van der Waals surface area contributed by atoms with Crippen molar-refractivity contribution in [1.82, 2.24) is 30.0 Å². The van der Waals surface area contributed by atoms with Crippen molar-refractivity contribution >= 4 is 28.3 Å². The zero-order valence-corrected chi connectivity index (χ0v) is 24.6. The lowest BCUT2D eigenvalue weighted by molar-refractivity contribution is -0.128. The van der Waals surface area contributed by atoms with E-state index in [0.717, 1.165) is 60.3 Å². The molecule has 0 bridgehead atoms. The van der Waals surface area contributed by atoms with Crippen molar-refractivity contribution < 1.29 is 9.53 Å². The third-order valence-electron chi connectivity index (χ3n) is 9.00. The van der Waals surface area contributed by atoms with Gasteiger partial charge in [-0.25, -0.2) is 0 Å². The van der Waals surface area contributed by atoms with Crippen LogP contribution < -0.4 is 14.5 Å². The normalized spacial score (nSPS) is 21.2. The van der Waals surface area contributed by atoms with E-state index in [1.165, 1.54) is 23.7 Å². The number of aromatic nitrogens is 4. The van der Waals surface area contributed by atoms with Gasteiger partial charge >= 0.3 is 6.01 Å². The van der Waals surface area contributed by atoms with Crippen LogP contribution in [-0.2, 0) is 17.8 Å². The maximum Gasteiger partial charge on any atom is 0.318 e. The van der Waals surface area contributed by atoms with Crippen LogP contribution in [0, 0.1) is 18.3 Å². The fourth-order valence-electron chi connectivity index (χ4n) is 6.73. The van der Waals surface area contributed by atoms with Gasteiger partial charge in [-0.2, -0.15) is 20.3 Å². The molecule has 2 fully saturated rings. The Bertz CT molecular complexity index is 1510. The summed E-state index contributed by atoms with van der Waals surface area (Å²) >= 11 is 0. The summed E-state index contributed by atoms with van der Waals surface area (Å²) in [4.78, 5) is 31.3. The Labute approximate surface area is 246 Å². The molecule has 11 heteroatoms. The van der Waals surface area contributed by atoms with Crippen LogP contribution in [0.2, 0.25) is 0 Å². The summed E-state index contributed by atoms with van der Waals surface area (Å²) in [6, 6.07) is 6.99. The van der Waals surface area contributed by atoms with Crippen LogP contribution in [0.15, 0.2) is 31.0 Å². The molecule has 0 unspecified atom stereocenters. The van der Waals surface area contributed by atoms with E-state index in [-0.39, 0.29) is 18.4 Å². The SMILES string of the molecule is C=CC(=O)N1CCN(c2nc(OC[C@@H]3CCCN3C)nc3c2CCCN(c2c(C)ccc4[nH]ncc24)C3)C[C@@H]1CC#N. The second-order valence-electron chi connectivity index (χ2n) is 11.6. The number of ether oxygens (including phenoxy) is 1. The van der Waals surface area contributed by atoms with E-state index < -0.39 is 0 Å². The number of likely N-dealkylation sites (tertiary alicyclic amines) is 1. The molecule has 1 aromatic carbocycles. The summed E-state index contributed by atoms with van der Waals surface area (Å²) in [6.07, 6.45) is 7.54. The van der Waals surface area contributed by atoms with Crippen LogP contribution in [0.25, 0.3) is 10.9 Å². The maximum atomic E-state index is 12.6. The molecule has 3 aromatic rings. The average Bonchev–Trinajstić information content (AvgIpc) is 3.58. The van der Waals surface area contributed by atoms with Gasteiger partial charge in [-0.15, -0.1) is 0 Å². The number of aromatic amines is 1. The van der Waals surface area contributed by atoms with E-state index in [4.69, 9.17) is 14.7 Å². The summed E-state index contributed by atoms with van der Waals surface area (Å²) in [5.74, 6) is 0.726. The second-order valence-corrected chi connectivity index (χ2v) is 11.6. The fourth-order valence-corrected chi connectivity index (χ4v) is 6.73. The zero-order valence-electron chi connectivity index (χ0n) is 24.6. The Balaban J connectivity index is 1.36. The van der Waals surface area contributed by atoms with Crippen molar-refractivity contribution in [1.29, 1.82) is 5.26 Å². The summed E-state index contributed by atoms with van der Waals surface area (Å²) in [6.45, 7) is 10.6. The predicted octanol–water partition coefficient (Wildman–Crippen LogP) is 3.20. The van der Waals surface area contributed by atoms with Gasteiger partial charge in [0.05, 0.1) is 48.2 Å². The molecule has 11 nitrogen and oxygen atoms in total. The first-order chi connectivity index (χ1) is 20.5. The number of nitriles is 1. The number of aryl methyl sites for hydroxylation is 1. The van der Waals surface area contributed by atoms with Gasteiger partial charge in [0.15, 0.2) is 0 Å². The van der Waals surface area contributed by atoms with Crippen molar-refractivity contribution in [2.75, 3.05) is 56.2 Å². The lowest BCUT2D eigenvalue weighted by Gasteiger charge is -2.41. The first-order valence-electron chi connectivity index (χ1n) is 14.9. The Morgan fingerprint density at radius 3 is 2.86 bits per heavy atom. The number of hydrogen-bond acceptors (Lipinski definition) is 9. The molecule has 0 radical (unpaired) electrons. The van der Waals surface area contributed by atoms with E-state index in [9.17, 15) is 10.1 Å². The molecule has 5 heterocycles. The molecule has 0 saturated carbocycles. The molecule has 1 amide bonds. The minimum absolute atomic E-state index is 0.138. The van der Waals surface area contributed by atoms with E-state index in [2.05, 4.69) is 63.6 Å². The standard InChI is InChI=1S/C31H39N9O2/c1-4-28(41)40-16-15-39(18-22(40)11-12-32)30-24-8-6-14-38(29-21(2)9-10-26-25(29)17-33-36-26)19-27(24)34-31(35-30)42-20-23-7-5-13-37(23)3/h4,9-10,17,22-23H,1,5-8,11,13-16,18-20H2,2-3H3,(H,33,36)/t22-,23-/m0/s1. The number of rotatable bonds is 7. The van der Waals surface area contributed by atoms with Crippen LogP contribution in [0.5, 0.6) is 6.01 Å². The minimum Gasteiger partial charge on any atom is -0.462 e. The number of nitrogens with one attached hydrogen (secondary N) is 1. The fraction of sp³-hybridized carbons (Fsp3) is 0.516. The third-order valence-corrected chi connectivity index (χ3v) is 9.00. The Kier molecular flexibility index (Phi) is 7.98. The first kappa shape index (κ1) is 28.0.